The second kappa shape index (κ2) is 33.5. The molecule has 2 aromatic carbocycles. The molecule has 0 aliphatic carbocycles. The number of nitrogens with one attached hydrogen (secondary N) is 4. The Hall–Kier alpha value is -6.32. The lowest BCUT2D eigenvalue weighted by Gasteiger charge is -2.37. The maximum atomic E-state index is 13.6. The minimum absolute atomic E-state index is 0.0222. The molecule has 0 saturated carbocycles. The second-order valence-electron chi connectivity index (χ2n) is 17.8. The summed E-state index contributed by atoms with van der Waals surface area (Å²) in [4.78, 5) is 116. The van der Waals surface area contributed by atoms with Crippen molar-refractivity contribution >= 4 is 93.0 Å². The van der Waals surface area contributed by atoms with E-state index in [2.05, 4.69) is 37.2 Å². The van der Waals surface area contributed by atoms with Crippen molar-refractivity contribution in [2.75, 3.05) is 90.4 Å². The van der Waals surface area contributed by atoms with Gasteiger partial charge in [0.1, 0.15) is 18.4 Å². The Balaban J connectivity index is 1.57. The highest BCUT2D eigenvalue weighted by Gasteiger charge is 2.28. The number of nitrogens with zero attached hydrogens (tertiary/aromatic N) is 5. The molecule has 1 aliphatic rings. The number of halogens is 1. The number of benzene rings is 2. The van der Waals surface area contributed by atoms with Crippen molar-refractivity contribution in [2.45, 2.75) is 82.5 Å². The van der Waals surface area contributed by atoms with E-state index in [4.69, 9.17) is 17.3 Å². The number of unbranched alkanes of at least 4 members (excludes halogenated alkanes) is 2. The monoisotopic (exact) mass is 1120 g/mol. The maximum Gasteiger partial charge on any atom is 0.326 e. The van der Waals surface area contributed by atoms with Gasteiger partial charge in [0, 0.05) is 94.5 Å². The Kier molecular flexibility index (Phi) is 28.0. The number of rotatable bonds is 30. The first-order chi connectivity index (χ1) is 35.2. The molecular weight excluding hydrogens is 1050 g/mol. The minimum Gasteiger partial charge on any atom is -0.481 e. The summed E-state index contributed by atoms with van der Waals surface area (Å²) in [6.07, 6.45) is 2.16. The van der Waals surface area contributed by atoms with Gasteiger partial charge in [-0.25, -0.2) is 14.4 Å². The van der Waals surface area contributed by atoms with Crippen LogP contribution in [0.1, 0.15) is 62.5 Å². The van der Waals surface area contributed by atoms with Gasteiger partial charge in [-0.1, -0.05) is 40.2 Å². The van der Waals surface area contributed by atoms with Crippen molar-refractivity contribution < 1.29 is 73.8 Å². The third kappa shape index (κ3) is 25.6. The summed E-state index contributed by atoms with van der Waals surface area (Å²) in [5, 5.41) is 68.0. The number of carbonyl (C=O) groups excluding carboxylic acids is 3. The molecule has 0 aromatic heterocycles. The highest BCUT2D eigenvalue weighted by atomic mass is 79.9. The van der Waals surface area contributed by atoms with Crippen molar-refractivity contribution in [3.63, 3.8) is 0 Å². The predicted octanol–water partition coefficient (Wildman–Crippen LogP) is 1.76. The zero-order chi connectivity index (χ0) is 54.6. The summed E-state index contributed by atoms with van der Waals surface area (Å²) in [6, 6.07) is 10.3. The minimum atomic E-state index is -1.53. The highest BCUT2D eigenvalue weighted by molar-refractivity contribution is 9.10. The summed E-state index contributed by atoms with van der Waals surface area (Å²) in [7, 11) is 0. The lowest BCUT2D eigenvalue weighted by atomic mass is 10.0. The molecule has 3 rings (SSSR count). The van der Waals surface area contributed by atoms with Crippen molar-refractivity contribution in [3.05, 3.63) is 64.1 Å². The van der Waals surface area contributed by atoms with Gasteiger partial charge in [0.05, 0.1) is 26.2 Å². The number of thiocarbonyl (C=S) groups is 1. The van der Waals surface area contributed by atoms with Crippen LogP contribution in [0, 0.1) is 0 Å². The van der Waals surface area contributed by atoms with Gasteiger partial charge in [-0.15, -0.1) is 0 Å². The van der Waals surface area contributed by atoms with Crippen molar-refractivity contribution in [2.24, 2.45) is 0 Å². The van der Waals surface area contributed by atoms with Crippen LogP contribution >= 0.6 is 28.1 Å². The van der Waals surface area contributed by atoms with Crippen LogP contribution in [0.2, 0.25) is 0 Å². The van der Waals surface area contributed by atoms with Gasteiger partial charge >= 0.3 is 41.8 Å². The first-order valence-corrected chi connectivity index (χ1v) is 25.3. The number of carbonyl (C=O) groups is 9. The first-order valence-electron chi connectivity index (χ1n) is 24.1. The van der Waals surface area contributed by atoms with Gasteiger partial charge in [0.2, 0.25) is 5.91 Å². The number of amides is 3. The highest BCUT2D eigenvalue weighted by Crippen LogP contribution is 2.18. The van der Waals surface area contributed by atoms with E-state index in [9.17, 15) is 68.7 Å². The molecule has 3 amide bonds. The van der Waals surface area contributed by atoms with Gasteiger partial charge in [-0.05, 0) is 92.6 Å². The predicted molar refractivity (Wildman–Crippen MR) is 277 cm³/mol. The third-order valence-electron chi connectivity index (χ3n) is 12.0. The molecule has 0 spiro atoms. The summed E-state index contributed by atoms with van der Waals surface area (Å²) < 4.78 is 0.862. The van der Waals surface area contributed by atoms with Gasteiger partial charge in [0.15, 0.2) is 5.11 Å². The van der Waals surface area contributed by atoms with E-state index in [0.29, 0.717) is 75.6 Å². The number of aliphatic carboxylic acids is 6. The Bertz CT molecular complexity index is 2190. The number of urea groups is 1. The smallest absolute Gasteiger partial charge is 0.326 e. The molecule has 1 heterocycles. The van der Waals surface area contributed by atoms with Crippen LogP contribution in [-0.2, 0) is 51.3 Å². The summed E-state index contributed by atoms with van der Waals surface area (Å²) in [5.74, 6) is -7.38. The van der Waals surface area contributed by atoms with Crippen molar-refractivity contribution in [1.29, 1.82) is 0 Å². The summed E-state index contributed by atoms with van der Waals surface area (Å²) in [5.41, 5.74) is 2.37. The average Bonchev–Trinajstić information content (AvgIpc) is 3.32. The molecule has 0 bridgehead atoms. The molecule has 26 heteroatoms. The van der Waals surface area contributed by atoms with Crippen LogP contribution in [0.25, 0.3) is 0 Å². The third-order valence-corrected chi connectivity index (χ3v) is 12.8. The van der Waals surface area contributed by atoms with Crippen LogP contribution in [0.3, 0.4) is 0 Å². The Morgan fingerprint density at radius 3 is 1.82 bits per heavy atom. The molecular formula is C48H68BrN9O15S. The van der Waals surface area contributed by atoms with Gasteiger partial charge < -0.3 is 61.6 Å². The normalized spacial score (nSPS) is 16.0. The van der Waals surface area contributed by atoms with Crippen LogP contribution < -0.4 is 21.3 Å². The largest absolute Gasteiger partial charge is 0.481 e. The van der Waals surface area contributed by atoms with Crippen LogP contribution in [0.5, 0.6) is 0 Å². The van der Waals surface area contributed by atoms with E-state index < -0.39 is 72.8 Å². The van der Waals surface area contributed by atoms with Crippen LogP contribution in [0.4, 0.5) is 10.5 Å². The lowest BCUT2D eigenvalue weighted by molar-refractivity contribution is -0.141. The fraction of sp³-hybridized carbons (Fsp3) is 0.542. The SMILES string of the molecule is O=CCN1CCN(CC(=O)O)CCN(CC(=O)O)CC(Cc2ccc(NC(=S)NCCCCC(=O)N(CCCCC(NC(=O)NC(CCC(=O)O)C(=O)O)C(=O)O)Cc3ccc(Br)cc3)cc2)N(CC(=O)O)CC1. The average molecular weight is 1120 g/mol. The van der Waals surface area contributed by atoms with Gasteiger partial charge in [-0.3, -0.25) is 43.6 Å². The Morgan fingerprint density at radius 1 is 0.662 bits per heavy atom. The zero-order valence-electron chi connectivity index (χ0n) is 41.1. The van der Waals surface area contributed by atoms with E-state index >= 15 is 0 Å². The first kappa shape index (κ1) is 62.0. The standard InChI is InChI=1S/C48H68BrN9O15S/c49-35-11-7-34(8-12-35)28-58(18-4-2-5-38(45(69)70)52-47(73)53-39(46(71)72)15-16-41(61)62)40(60)6-1-3-17-50-48(74)51-36-13-9-33(10-14-36)27-37-29-56(31-43(65)66)22-21-55(30-42(63)64)20-19-54(25-26-59)23-24-57(37)32-44(67)68/h7-14,26,37-39H,1-6,15-25,27-32H2,(H,61,62)(H,63,64)(H,65,66)(H,67,68)(H,69,70)(H,71,72)(H2,50,51,74)(H2,52,53,73). The van der Waals surface area contributed by atoms with E-state index in [1.807, 2.05) is 53.4 Å². The summed E-state index contributed by atoms with van der Waals surface area (Å²) in [6.45, 7) is 2.06. The fourth-order valence-electron chi connectivity index (χ4n) is 8.12. The van der Waals surface area contributed by atoms with Crippen LogP contribution in [0.15, 0.2) is 53.0 Å². The molecule has 0 radical (unpaired) electrons. The Labute approximate surface area is 442 Å². The lowest BCUT2D eigenvalue weighted by Crippen LogP contribution is -2.53. The fourth-order valence-corrected chi connectivity index (χ4v) is 8.61. The van der Waals surface area contributed by atoms with E-state index in [-0.39, 0.29) is 77.7 Å². The number of carboxylic acid groups (broad SMARTS) is 6. The van der Waals surface area contributed by atoms with E-state index in [1.165, 1.54) is 0 Å². The Morgan fingerprint density at radius 2 is 1.23 bits per heavy atom. The number of carboxylic acids is 6. The number of hydrogen-bond donors (Lipinski definition) is 10. The molecule has 1 aliphatic heterocycles. The molecule has 74 heavy (non-hydrogen) atoms. The number of anilines is 1. The maximum absolute atomic E-state index is 13.6. The van der Waals surface area contributed by atoms with Crippen LogP contribution in [-0.4, -0.2) is 217 Å². The molecule has 3 atom stereocenters. The van der Waals surface area contributed by atoms with Crippen molar-refractivity contribution in [3.8, 4) is 0 Å². The molecule has 2 aromatic rings. The molecule has 1 saturated heterocycles. The van der Waals surface area contributed by atoms with E-state index in [1.54, 1.807) is 19.6 Å². The quantitative estimate of drug-likeness (QED) is 0.0303. The van der Waals surface area contributed by atoms with Crippen molar-refractivity contribution in [1.82, 2.24) is 40.4 Å². The molecule has 408 valence electrons. The summed E-state index contributed by atoms with van der Waals surface area (Å²) >= 11 is 8.95. The molecule has 1 fully saturated rings. The van der Waals surface area contributed by atoms with Gasteiger partial charge in [-0.2, -0.15) is 0 Å². The van der Waals surface area contributed by atoms with Gasteiger partial charge in [0.25, 0.3) is 0 Å². The van der Waals surface area contributed by atoms with E-state index in [0.717, 1.165) is 21.9 Å². The second-order valence-corrected chi connectivity index (χ2v) is 19.1. The molecule has 3 unspecified atom stereocenters. The topological polar surface area (TPSA) is 339 Å². The number of aldehydes is 1. The molecule has 24 nitrogen and oxygen atoms in total. The molecule has 10 N–H and O–H groups in total. The zero-order valence-corrected chi connectivity index (χ0v) is 43.5. The number of hydrogen-bond acceptors (Lipinski definition) is 14.